The van der Waals surface area contributed by atoms with Gasteiger partial charge < -0.3 is 5.73 Å². The Morgan fingerprint density at radius 1 is 1.11 bits per heavy atom. The summed E-state index contributed by atoms with van der Waals surface area (Å²) in [6.07, 6.45) is 4.38. The molecule has 4 rings (SSSR count). The van der Waals surface area contributed by atoms with E-state index in [2.05, 4.69) is 4.98 Å². The van der Waals surface area contributed by atoms with Crippen LogP contribution < -0.4 is 5.73 Å². The zero-order valence-corrected chi connectivity index (χ0v) is 15.1. The smallest absolute Gasteiger partial charge is 0.397 e. The quantitative estimate of drug-likeness (QED) is 0.643. The van der Waals surface area contributed by atoms with E-state index in [4.69, 9.17) is 5.73 Å². The van der Waals surface area contributed by atoms with Crippen LogP contribution in [0.5, 0.6) is 0 Å². The number of nitrogens with two attached hydrogens (primary N) is 1. The SMILES string of the molecule is Nc1cccc2ccc(C3=CC=CC(CC4CCCC4)(C(F)(F)F)C3)nc12. The lowest BCUT2D eigenvalue weighted by Gasteiger charge is -2.37. The van der Waals surface area contributed by atoms with Crippen LogP contribution in [-0.4, -0.2) is 11.2 Å². The molecular formula is C22H23F3N2. The van der Waals surface area contributed by atoms with E-state index >= 15 is 0 Å². The standard InChI is InChI=1S/C22H23F3N2/c23-22(24,25)21(13-15-5-1-2-6-15)12-4-8-17(14-21)19-11-10-16-7-3-9-18(26)20(16)27-19/h3-4,7-12,15H,1-2,5-6,13-14,26H2. The van der Waals surface area contributed by atoms with Crippen molar-refractivity contribution < 1.29 is 13.2 Å². The molecular weight excluding hydrogens is 349 g/mol. The van der Waals surface area contributed by atoms with Crippen molar-refractivity contribution in [1.82, 2.24) is 4.98 Å². The third kappa shape index (κ3) is 3.35. The maximum Gasteiger partial charge on any atom is 0.398 e. The zero-order chi connectivity index (χ0) is 19.1. The van der Waals surface area contributed by atoms with Crippen LogP contribution in [0.3, 0.4) is 0 Å². The normalized spacial score (nSPS) is 23.7. The van der Waals surface area contributed by atoms with Crippen LogP contribution in [0.25, 0.3) is 16.5 Å². The molecule has 1 aromatic carbocycles. The predicted octanol–water partition coefficient (Wildman–Crippen LogP) is 6.29. The Labute approximate surface area is 157 Å². The number of halogens is 3. The highest BCUT2D eigenvalue weighted by molar-refractivity contribution is 5.90. The first kappa shape index (κ1) is 18.1. The molecule has 0 radical (unpaired) electrons. The molecule has 1 unspecified atom stereocenters. The van der Waals surface area contributed by atoms with Crippen LogP contribution in [-0.2, 0) is 0 Å². The molecule has 142 valence electrons. The summed E-state index contributed by atoms with van der Waals surface area (Å²) in [5.74, 6) is 0.149. The minimum atomic E-state index is -4.28. The molecule has 2 N–H and O–H groups in total. The van der Waals surface area contributed by atoms with Gasteiger partial charge in [-0.1, -0.05) is 62.1 Å². The maximum atomic E-state index is 14.1. The Morgan fingerprint density at radius 2 is 1.89 bits per heavy atom. The van der Waals surface area contributed by atoms with Crippen molar-refractivity contribution in [1.29, 1.82) is 0 Å². The number of alkyl halides is 3. The predicted molar refractivity (Wildman–Crippen MR) is 103 cm³/mol. The van der Waals surface area contributed by atoms with E-state index < -0.39 is 11.6 Å². The van der Waals surface area contributed by atoms with Crippen LogP contribution in [0.1, 0.15) is 44.2 Å². The number of hydrogen-bond acceptors (Lipinski definition) is 2. The van der Waals surface area contributed by atoms with Crippen molar-refractivity contribution in [2.75, 3.05) is 5.73 Å². The summed E-state index contributed by atoms with van der Waals surface area (Å²) in [4.78, 5) is 4.58. The third-order valence-corrected chi connectivity index (χ3v) is 5.99. The van der Waals surface area contributed by atoms with Gasteiger partial charge >= 0.3 is 6.18 Å². The summed E-state index contributed by atoms with van der Waals surface area (Å²) < 4.78 is 42.4. The van der Waals surface area contributed by atoms with E-state index in [9.17, 15) is 13.2 Å². The van der Waals surface area contributed by atoms with Crippen molar-refractivity contribution in [2.24, 2.45) is 11.3 Å². The molecule has 27 heavy (non-hydrogen) atoms. The first-order valence-corrected chi connectivity index (χ1v) is 9.49. The molecule has 0 spiro atoms. The van der Waals surface area contributed by atoms with E-state index in [0.29, 0.717) is 22.5 Å². The fourth-order valence-corrected chi connectivity index (χ4v) is 4.51. The summed E-state index contributed by atoms with van der Waals surface area (Å²) in [6.45, 7) is 0. The minimum absolute atomic E-state index is 0.0608. The number of nitrogen functional groups attached to an aromatic ring is 1. The molecule has 1 saturated carbocycles. The molecule has 0 aliphatic heterocycles. The minimum Gasteiger partial charge on any atom is -0.397 e. The molecule has 5 heteroatoms. The van der Waals surface area contributed by atoms with Crippen LogP contribution >= 0.6 is 0 Å². The van der Waals surface area contributed by atoms with Crippen molar-refractivity contribution in [3.05, 3.63) is 54.3 Å². The molecule has 2 aromatic rings. The number of hydrogen-bond donors (Lipinski definition) is 1. The largest absolute Gasteiger partial charge is 0.398 e. The molecule has 1 fully saturated rings. The average molecular weight is 372 g/mol. The van der Waals surface area contributed by atoms with Gasteiger partial charge in [-0.2, -0.15) is 13.2 Å². The van der Waals surface area contributed by atoms with Gasteiger partial charge in [-0.3, -0.25) is 0 Å². The fourth-order valence-electron chi connectivity index (χ4n) is 4.51. The van der Waals surface area contributed by atoms with E-state index in [1.54, 1.807) is 24.3 Å². The third-order valence-electron chi connectivity index (χ3n) is 5.99. The molecule has 1 atom stereocenters. The molecule has 2 aliphatic rings. The van der Waals surface area contributed by atoms with Crippen molar-refractivity contribution in [3.63, 3.8) is 0 Å². The van der Waals surface area contributed by atoms with Crippen LogP contribution in [0.2, 0.25) is 0 Å². The number of benzene rings is 1. The van der Waals surface area contributed by atoms with E-state index in [1.165, 1.54) is 6.08 Å². The number of nitrogens with zero attached hydrogens (tertiary/aromatic N) is 1. The highest BCUT2D eigenvalue weighted by Crippen LogP contribution is 2.53. The van der Waals surface area contributed by atoms with E-state index in [1.807, 2.05) is 18.2 Å². The molecule has 0 amide bonds. The summed E-state index contributed by atoms with van der Waals surface area (Å²) in [5, 5.41) is 0.888. The van der Waals surface area contributed by atoms with Crippen molar-refractivity contribution in [3.8, 4) is 0 Å². The van der Waals surface area contributed by atoms with Gasteiger partial charge in [-0.15, -0.1) is 0 Å². The molecule has 1 heterocycles. The highest BCUT2D eigenvalue weighted by Gasteiger charge is 2.54. The van der Waals surface area contributed by atoms with Crippen LogP contribution in [0.4, 0.5) is 18.9 Å². The van der Waals surface area contributed by atoms with Gasteiger partial charge in [0.1, 0.15) is 0 Å². The van der Waals surface area contributed by atoms with E-state index in [0.717, 1.165) is 31.1 Å². The zero-order valence-electron chi connectivity index (χ0n) is 15.1. The number of para-hydroxylation sites is 1. The molecule has 2 aliphatic carbocycles. The number of aromatic nitrogens is 1. The van der Waals surface area contributed by atoms with Crippen molar-refractivity contribution >= 4 is 22.2 Å². The summed E-state index contributed by atoms with van der Waals surface area (Å²) in [6, 6.07) is 9.17. The van der Waals surface area contributed by atoms with Gasteiger partial charge in [0, 0.05) is 5.39 Å². The molecule has 0 saturated heterocycles. The van der Waals surface area contributed by atoms with Gasteiger partial charge in [-0.05, 0) is 36.5 Å². The second kappa shape index (κ2) is 6.70. The lowest BCUT2D eigenvalue weighted by molar-refractivity contribution is -0.210. The summed E-state index contributed by atoms with van der Waals surface area (Å²) in [7, 11) is 0. The van der Waals surface area contributed by atoms with Crippen LogP contribution in [0, 0.1) is 11.3 Å². The first-order valence-electron chi connectivity index (χ1n) is 9.49. The summed E-state index contributed by atoms with van der Waals surface area (Å²) in [5.41, 5.74) is 6.58. The number of allylic oxidation sites excluding steroid dienone is 4. The maximum absolute atomic E-state index is 14.1. The lowest BCUT2D eigenvalue weighted by Crippen LogP contribution is -2.39. The Morgan fingerprint density at radius 3 is 2.63 bits per heavy atom. The average Bonchev–Trinajstić information content (AvgIpc) is 3.14. The number of rotatable bonds is 3. The van der Waals surface area contributed by atoms with Crippen LogP contribution in [0.15, 0.2) is 48.6 Å². The van der Waals surface area contributed by atoms with Gasteiger partial charge in [0.2, 0.25) is 0 Å². The monoisotopic (exact) mass is 372 g/mol. The number of anilines is 1. The van der Waals surface area contributed by atoms with Gasteiger partial charge in [-0.25, -0.2) is 4.98 Å². The molecule has 1 aromatic heterocycles. The van der Waals surface area contributed by atoms with Gasteiger partial charge in [0.25, 0.3) is 0 Å². The topological polar surface area (TPSA) is 38.9 Å². The van der Waals surface area contributed by atoms with Crippen molar-refractivity contribution in [2.45, 2.75) is 44.7 Å². The Kier molecular flexibility index (Phi) is 4.49. The van der Waals surface area contributed by atoms with Gasteiger partial charge in [0.05, 0.1) is 22.3 Å². The fraction of sp³-hybridized carbons (Fsp3) is 0.409. The second-order valence-corrected chi connectivity index (χ2v) is 7.85. The Bertz CT molecular complexity index is 907. The Balaban J connectivity index is 1.69. The Hall–Kier alpha value is -2.30. The number of pyridine rings is 1. The van der Waals surface area contributed by atoms with Gasteiger partial charge in [0.15, 0.2) is 0 Å². The highest BCUT2D eigenvalue weighted by atomic mass is 19.4. The summed E-state index contributed by atoms with van der Waals surface area (Å²) >= 11 is 0. The number of fused-ring (bicyclic) bond motifs is 1. The molecule has 2 nitrogen and oxygen atoms in total. The molecule has 0 bridgehead atoms. The first-order chi connectivity index (χ1) is 12.9. The second-order valence-electron chi connectivity index (χ2n) is 7.85. The lowest BCUT2D eigenvalue weighted by atomic mass is 9.71. The van der Waals surface area contributed by atoms with E-state index in [-0.39, 0.29) is 18.8 Å².